The van der Waals surface area contributed by atoms with Crippen molar-refractivity contribution in [3.05, 3.63) is 23.8 Å². The van der Waals surface area contributed by atoms with Gasteiger partial charge in [0.15, 0.2) is 11.5 Å². The topological polar surface area (TPSA) is 92.8 Å². The maximum absolute atomic E-state index is 11.6. The molecule has 4 N–H and O–H groups in total. The maximum Gasteiger partial charge on any atom is 0.322 e. The molecule has 15 heavy (non-hydrogen) atoms. The fraction of sp³-hybridized carbons (Fsp3) is 0.300. The Balaban J connectivity index is 3.20. The van der Waals surface area contributed by atoms with E-state index in [1.165, 1.54) is 0 Å². The third-order valence-electron chi connectivity index (χ3n) is 1.57. The lowest BCUT2D eigenvalue weighted by molar-refractivity contribution is -0.142. The van der Waals surface area contributed by atoms with E-state index >= 15 is 0 Å². The summed E-state index contributed by atoms with van der Waals surface area (Å²) in [6, 6.07) is -0.375. The molecular weight excluding hydrogens is 198 g/mol. The average Bonchev–Trinajstić information content (AvgIpc) is 2.30. The van der Waals surface area contributed by atoms with Crippen LogP contribution in [0, 0.1) is 0 Å². The summed E-state index contributed by atoms with van der Waals surface area (Å²) in [5.41, 5.74) is 4.88. The first-order valence-corrected chi connectivity index (χ1v) is 3.84. The molecule has 0 amide bonds. The summed E-state index contributed by atoms with van der Waals surface area (Å²) < 4.78 is 47.4. The van der Waals surface area contributed by atoms with Gasteiger partial charge in [0.05, 0.1) is 12.5 Å². The lowest BCUT2D eigenvalue weighted by atomic mass is 10.1. The van der Waals surface area contributed by atoms with Crippen LogP contribution >= 0.6 is 0 Å². The first kappa shape index (κ1) is 5.37. The molecule has 0 heterocycles. The number of aromatic hydroxyl groups is 2. The van der Waals surface area contributed by atoms with Gasteiger partial charge in [-0.25, -0.2) is 0 Å². The van der Waals surface area contributed by atoms with Crippen LogP contribution in [0.5, 0.6) is 11.5 Å². The molecule has 0 aromatic heterocycles. The quantitative estimate of drug-likeness (QED) is 0.494. The van der Waals surface area contributed by atoms with Gasteiger partial charge in [0.25, 0.3) is 0 Å². The zero-order valence-corrected chi connectivity index (χ0v) is 7.52. The first-order valence-electron chi connectivity index (χ1n) is 6.84. The highest BCUT2D eigenvalue weighted by atomic mass is 16.5. The van der Waals surface area contributed by atoms with E-state index in [0.717, 1.165) is 18.2 Å². The molecule has 0 aliphatic rings. The number of hydrogen-bond donors (Lipinski definition) is 3. The number of benzene rings is 1. The number of carbonyl (C=O) groups excluding carboxylic acids is 1. The summed E-state index contributed by atoms with van der Waals surface area (Å²) in [5.74, 6) is -3.01. The summed E-state index contributed by atoms with van der Waals surface area (Å²) in [4.78, 5) is 11.6. The Labute approximate surface area is 95.5 Å². The number of carbonyl (C=O) groups is 1. The van der Waals surface area contributed by atoms with E-state index in [1.54, 1.807) is 0 Å². The van der Waals surface area contributed by atoms with E-state index in [4.69, 9.17) is 19.1 Å². The Morgan fingerprint density at radius 3 is 3.07 bits per heavy atom. The Bertz CT molecular complexity index is 557. The van der Waals surface area contributed by atoms with Gasteiger partial charge in [-0.2, -0.15) is 0 Å². The Hall–Kier alpha value is -1.75. The smallest absolute Gasteiger partial charge is 0.322 e. The van der Waals surface area contributed by atoms with Gasteiger partial charge in [-0.15, -0.1) is 0 Å². The van der Waals surface area contributed by atoms with Crippen LogP contribution in [0.1, 0.15) is 13.8 Å². The SMILES string of the molecule is [2H]C([2H])([2H])OC(=O)C([2H])(N)C([2H])([2H])c1ccc(O)c(O)c1. The number of rotatable bonds is 3. The fourth-order valence-electron chi connectivity index (χ4n) is 0.863. The van der Waals surface area contributed by atoms with E-state index < -0.39 is 42.5 Å². The molecule has 5 heteroatoms. The molecule has 1 rings (SSSR count). The number of esters is 1. The van der Waals surface area contributed by atoms with Crippen LogP contribution in [-0.2, 0) is 15.9 Å². The molecular formula is C10H13NO4. The van der Waals surface area contributed by atoms with Gasteiger partial charge >= 0.3 is 5.97 Å². The molecule has 0 fully saturated rings. The number of phenols is 2. The Morgan fingerprint density at radius 2 is 2.47 bits per heavy atom. The number of methoxy groups -OCH3 is 1. The molecule has 1 atom stereocenters. The Morgan fingerprint density at radius 1 is 1.73 bits per heavy atom. The summed E-state index contributed by atoms with van der Waals surface area (Å²) in [5, 5.41) is 18.5. The van der Waals surface area contributed by atoms with Crippen LogP contribution < -0.4 is 5.73 Å². The van der Waals surface area contributed by atoms with Gasteiger partial charge in [-0.05, 0) is 24.1 Å². The summed E-state index contributed by atoms with van der Waals surface area (Å²) in [7, 11) is -3.17. The number of nitrogens with two attached hydrogens (primary N) is 1. The summed E-state index contributed by atoms with van der Waals surface area (Å²) in [6.45, 7) is 0. The van der Waals surface area contributed by atoms with Gasteiger partial charge in [-0.1, -0.05) is 6.07 Å². The third kappa shape index (κ3) is 2.85. The Kier molecular flexibility index (Phi) is 1.67. The minimum Gasteiger partial charge on any atom is -0.504 e. The largest absolute Gasteiger partial charge is 0.504 e. The van der Waals surface area contributed by atoms with Crippen molar-refractivity contribution in [3.8, 4) is 11.5 Å². The molecule has 0 spiro atoms. The van der Waals surface area contributed by atoms with Crippen molar-refractivity contribution in [1.82, 2.24) is 0 Å². The predicted octanol–water partition coefficient (Wildman–Crippen LogP) is 0.141. The van der Waals surface area contributed by atoms with Gasteiger partial charge in [0.1, 0.15) is 6.02 Å². The van der Waals surface area contributed by atoms with Crippen LogP contribution in [-0.4, -0.2) is 29.2 Å². The molecule has 0 saturated carbocycles. The number of hydrogen-bond acceptors (Lipinski definition) is 5. The molecule has 0 bridgehead atoms. The van der Waals surface area contributed by atoms with Crippen molar-refractivity contribution < 1.29 is 28.0 Å². The van der Waals surface area contributed by atoms with E-state index in [9.17, 15) is 9.90 Å². The molecule has 82 valence electrons. The van der Waals surface area contributed by atoms with Gasteiger partial charge in [0.2, 0.25) is 0 Å². The van der Waals surface area contributed by atoms with E-state index in [0.29, 0.717) is 0 Å². The van der Waals surface area contributed by atoms with Crippen molar-refractivity contribution in [3.63, 3.8) is 0 Å². The monoisotopic (exact) mass is 217 g/mol. The minimum atomic E-state index is -3.17. The molecule has 0 aliphatic carbocycles. The molecule has 1 aromatic rings. The minimum absolute atomic E-state index is 0.405. The van der Waals surface area contributed by atoms with Gasteiger partial charge in [-0.3, -0.25) is 4.79 Å². The van der Waals surface area contributed by atoms with Crippen molar-refractivity contribution in [2.24, 2.45) is 5.73 Å². The highest BCUT2D eigenvalue weighted by Gasteiger charge is 2.14. The lowest BCUT2D eigenvalue weighted by Gasteiger charge is -2.09. The predicted molar refractivity (Wildman–Crippen MR) is 53.5 cm³/mol. The zero-order valence-electron chi connectivity index (χ0n) is 13.5. The van der Waals surface area contributed by atoms with Crippen molar-refractivity contribution >= 4 is 5.97 Å². The van der Waals surface area contributed by atoms with Crippen molar-refractivity contribution in [1.29, 1.82) is 0 Å². The molecule has 0 aliphatic heterocycles. The second-order valence-electron chi connectivity index (χ2n) is 2.63. The molecule has 0 radical (unpaired) electrons. The van der Waals surface area contributed by atoms with Gasteiger partial charge < -0.3 is 20.7 Å². The highest BCUT2D eigenvalue weighted by molar-refractivity contribution is 5.75. The van der Waals surface area contributed by atoms with E-state index in [-0.39, 0.29) is 0 Å². The molecule has 5 nitrogen and oxygen atoms in total. The molecule has 1 unspecified atom stereocenters. The standard InChI is InChI=1S/C10H13NO4/c1-15-10(14)7(11)4-6-2-3-8(12)9(13)5-6/h2-3,5,7,12-13H,4,11H2,1H3/i1D3,4D2,7D. The van der Waals surface area contributed by atoms with Crippen molar-refractivity contribution in [2.45, 2.75) is 12.4 Å². The molecule has 1 aromatic carbocycles. The molecule has 0 saturated heterocycles. The number of ether oxygens (including phenoxy) is 1. The van der Waals surface area contributed by atoms with Crippen LogP contribution in [0.25, 0.3) is 0 Å². The van der Waals surface area contributed by atoms with Gasteiger partial charge in [0, 0.05) is 2.74 Å². The van der Waals surface area contributed by atoms with Crippen LogP contribution in [0.4, 0.5) is 0 Å². The highest BCUT2D eigenvalue weighted by Crippen LogP contribution is 2.25. The first-order chi connectivity index (χ1) is 9.29. The number of phenolic OH excluding ortho intramolecular Hbond substituents is 2. The summed E-state index contributed by atoms with van der Waals surface area (Å²) >= 11 is 0. The fourth-order valence-corrected chi connectivity index (χ4v) is 0.863. The van der Waals surface area contributed by atoms with Crippen molar-refractivity contribution in [2.75, 3.05) is 7.04 Å². The van der Waals surface area contributed by atoms with Crippen LogP contribution in [0.15, 0.2) is 18.2 Å². The lowest BCUT2D eigenvalue weighted by Crippen LogP contribution is -2.33. The zero-order chi connectivity index (χ0) is 16.6. The normalized spacial score (nSPS) is 21.9. The maximum atomic E-state index is 11.6. The summed E-state index contributed by atoms with van der Waals surface area (Å²) in [6.07, 6.45) is -2.89. The second-order valence-corrected chi connectivity index (χ2v) is 2.63. The average molecular weight is 217 g/mol. The van der Waals surface area contributed by atoms with Crippen LogP contribution in [0.3, 0.4) is 0 Å². The third-order valence-corrected chi connectivity index (χ3v) is 1.57. The van der Waals surface area contributed by atoms with E-state index in [1.807, 2.05) is 0 Å². The van der Waals surface area contributed by atoms with E-state index in [2.05, 4.69) is 4.74 Å². The second kappa shape index (κ2) is 4.65. The van der Waals surface area contributed by atoms with Crippen LogP contribution in [0.2, 0.25) is 0 Å².